The lowest BCUT2D eigenvalue weighted by Crippen LogP contribution is -2.44. The molecule has 1 saturated heterocycles. The summed E-state index contributed by atoms with van der Waals surface area (Å²) >= 11 is 0. The molecule has 1 aliphatic carbocycles. The van der Waals surface area contributed by atoms with Crippen LogP contribution in [-0.4, -0.2) is 49.0 Å². The molecular weight excluding hydrogens is 290 g/mol. The summed E-state index contributed by atoms with van der Waals surface area (Å²) < 4.78 is 11.5. The maximum absolute atomic E-state index is 10.0. The Morgan fingerprint density at radius 3 is 2.70 bits per heavy atom. The monoisotopic (exact) mass is 317 g/mol. The number of rotatable bonds is 5. The number of aliphatic hydroxyl groups excluding tert-OH is 1. The fourth-order valence-electron chi connectivity index (χ4n) is 4.03. The molecule has 126 valence electrons. The summed E-state index contributed by atoms with van der Waals surface area (Å²) in [6.07, 6.45) is 5.66. The van der Waals surface area contributed by atoms with Crippen LogP contribution in [0.25, 0.3) is 0 Å². The number of benzene rings is 1. The molecule has 2 aliphatic rings. The fraction of sp³-hybridized carbons (Fsp3) is 0.579. The fourth-order valence-corrected chi connectivity index (χ4v) is 4.03. The van der Waals surface area contributed by atoms with Crippen molar-refractivity contribution in [3.05, 3.63) is 35.9 Å². The van der Waals surface area contributed by atoms with Crippen molar-refractivity contribution >= 4 is 0 Å². The van der Waals surface area contributed by atoms with Crippen LogP contribution in [0.15, 0.2) is 30.4 Å². The largest absolute Gasteiger partial charge is 0.490 e. The second-order valence-corrected chi connectivity index (χ2v) is 6.48. The Morgan fingerprint density at radius 1 is 1.22 bits per heavy atom. The number of hydrogen-bond donors (Lipinski definition) is 1. The quantitative estimate of drug-likeness (QED) is 0.848. The molecule has 3 atom stereocenters. The number of likely N-dealkylation sites (N-methyl/N-ethyl adjacent to an activating group) is 1. The molecule has 0 spiro atoms. The molecule has 0 amide bonds. The molecule has 1 aromatic rings. The minimum atomic E-state index is -0.345. The Hall–Kier alpha value is -1.52. The Balaban J connectivity index is 2.02. The van der Waals surface area contributed by atoms with Gasteiger partial charge in [-0.1, -0.05) is 18.2 Å². The predicted molar refractivity (Wildman–Crippen MR) is 91.3 cm³/mol. The highest BCUT2D eigenvalue weighted by Crippen LogP contribution is 2.47. The number of aliphatic hydroxyl groups is 1. The van der Waals surface area contributed by atoms with Crippen molar-refractivity contribution in [2.75, 3.05) is 26.8 Å². The van der Waals surface area contributed by atoms with Gasteiger partial charge in [0.15, 0.2) is 11.5 Å². The third-order valence-corrected chi connectivity index (χ3v) is 5.17. The highest BCUT2D eigenvalue weighted by Gasteiger charge is 2.48. The van der Waals surface area contributed by atoms with Crippen molar-refractivity contribution in [3.8, 4) is 11.5 Å². The van der Waals surface area contributed by atoms with Crippen LogP contribution in [0.4, 0.5) is 0 Å². The molecular formula is C19H27NO3. The molecule has 0 unspecified atom stereocenters. The van der Waals surface area contributed by atoms with Gasteiger partial charge >= 0.3 is 0 Å². The van der Waals surface area contributed by atoms with E-state index in [1.807, 2.05) is 26.0 Å². The minimum Gasteiger partial charge on any atom is -0.490 e. The third kappa shape index (κ3) is 2.86. The zero-order chi connectivity index (χ0) is 16.4. The van der Waals surface area contributed by atoms with E-state index in [0.29, 0.717) is 19.3 Å². The van der Waals surface area contributed by atoms with Gasteiger partial charge in [0, 0.05) is 11.5 Å². The summed E-state index contributed by atoms with van der Waals surface area (Å²) in [7, 11) is 2.15. The lowest BCUT2D eigenvalue weighted by atomic mass is 9.69. The first-order chi connectivity index (χ1) is 11.1. The molecule has 4 heteroatoms. The maximum Gasteiger partial charge on any atom is 0.161 e. The van der Waals surface area contributed by atoms with E-state index in [9.17, 15) is 5.11 Å². The average molecular weight is 317 g/mol. The highest BCUT2D eigenvalue weighted by atomic mass is 16.5. The Labute approximate surface area is 138 Å². The van der Waals surface area contributed by atoms with Crippen LogP contribution in [0.2, 0.25) is 0 Å². The molecule has 1 fully saturated rings. The lowest BCUT2D eigenvalue weighted by Gasteiger charge is -2.39. The number of hydrogen-bond acceptors (Lipinski definition) is 4. The van der Waals surface area contributed by atoms with Crippen molar-refractivity contribution in [3.63, 3.8) is 0 Å². The lowest BCUT2D eigenvalue weighted by molar-refractivity contribution is 0.137. The van der Waals surface area contributed by atoms with E-state index in [0.717, 1.165) is 30.9 Å². The first-order valence-corrected chi connectivity index (χ1v) is 8.58. The highest BCUT2D eigenvalue weighted by molar-refractivity contribution is 5.48. The van der Waals surface area contributed by atoms with Crippen LogP contribution >= 0.6 is 0 Å². The van der Waals surface area contributed by atoms with Crippen molar-refractivity contribution in [1.82, 2.24) is 4.90 Å². The molecule has 1 N–H and O–H groups in total. The standard InChI is InChI=1S/C19H27NO3/c1-4-22-16-7-6-14(12-17(16)23-5-2)19-9-8-15(21)13-18(19)20(3)11-10-19/h6-9,12,15,18,21H,4-5,10-11,13H2,1-3H3/t15-,18-,19-/m0/s1. The molecule has 23 heavy (non-hydrogen) atoms. The molecule has 0 bridgehead atoms. The van der Waals surface area contributed by atoms with Gasteiger partial charge in [0.25, 0.3) is 0 Å². The van der Waals surface area contributed by atoms with Gasteiger partial charge in [-0.25, -0.2) is 0 Å². The number of fused-ring (bicyclic) bond motifs is 1. The van der Waals surface area contributed by atoms with Crippen LogP contribution in [0.1, 0.15) is 32.3 Å². The van der Waals surface area contributed by atoms with E-state index >= 15 is 0 Å². The first kappa shape index (κ1) is 16.3. The molecule has 3 rings (SSSR count). The van der Waals surface area contributed by atoms with Gasteiger partial charge < -0.3 is 19.5 Å². The van der Waals surface area contributed by atoms with E-state index in [4.69, 9.17) is 9.47 Å². The van der Waals surface area contributed by atoms with Crippen LogP contribution in [0, 0.1) is 0 Å². The van der Waals surface area contributed by atoms with E-state index in [-0.39, 0.29) is 11.5 Å². The van der Waals surface area contributed by atoms with Crippen LogP contribution in [0.3, 0.4) is 0 Å². The topological polar surface area (TPSA) is 41.9 Å². The Bertz CT molecular complexity index is 586. The van der Waals surface area contributed by atoms with Crippen LogP contribution in [-0.2, 0) is 5.41 Å². The zero-order valence-corrected chi connectivity index (χ0v) is 14.3. The third-order valence-electron chi connectivity index (χ3n) is 5.17. The van der Waals surface area contributed by atoms with Gasteiger partial charge in [0.1, 0.15) is 0 Å². The molecule has 0 radical (unpaired) electrons. The van der Waals surface area contributed by atoms with E-state index in [2.05, 4.69) is 30.2 Å². The second-order valence-electron chi connectivity index (χ2n) is 6.48. The van der Waals surface area contributed by atoms with Gasteiger partial charge in [-0.2, -0.15) is 0 Å². The number of nitrogens with zero attached hydrogens (tertiary/aromatic N) is 1. The molecule has 1 heterocycles. The summed E-state index contributed by atoms with van der Waals surface area (Å²) in [5.74, 6) is 1.62. The van der Waals surface area contributed by atoms with E-state index in [1.54, 1.807) is 0 Å². The Morgan fingerprint density at radius 2 is 1.96 bits per heavy atom. The van der Waals surface area contributed by atoms with Crippen molar-refractivity contribution in [2.45, 2.75) is 44.2 Å². The maximum atomic E-state index is 10.0. The average Bonchev–Trinajstić information content (AvgIpc) is 2.88. The van der Waals surface area contributed by atoms with Gasteiger partial charge in [-0.05, 0) is 58.0 Å². The van der Waals surface area contributed by atoms with Crippen molar-refractivity contribution in [2.24, 2.45) is 0 Å². The van der Waals surface area contributed by atoms with Crippen LogP contribution in [0.5, 0.6) is 11.5 Å². The zero-order valence-electron chi connectivity index (χ0n) is 14.3. The van der Waals surface area contributed by atoms with Crippen molar-refractivity contribution < 1.29 is 14.6 Å². The number of ether oxygens (including phenoxy) is 2. The normalized spacial score (nSPS) is 30.3. The Kier molecular flexibility index (Phi) is 4.64. The SMILES string of the molecule is CCOc1ccc([C@@]23C=C[C@H](O)C[C@@H]2N(C)CC3)cc1OCC. The molecule has 4 nitrogen and oxygen atoms in total. The van der Waals surface area contributed by atoms with Gasteiger partial charge in [0.2, 0.25) is 0 Å². The predicted octanol–water partition coefficient (Wildman–Crippen LogP) is 2.75. The second kappa shape index (κ2) is 6.54. The molecule has 1 aromatic carbocycles. The minimum absolute atomic E-state index is 0.0371. The summed E-state index contributed by atoms with van der Waals surface area (Å²) in [5, 5.41) is 10.0. The molecule has 0 aromatic heterocycles. The van der Waals surface area contributed by atoms with Gasteiger partial charge in [0.05, 0.1) is 19.3 Å². The van der Waals surface area contributed by atoms with E-state index < -0.39 is 0 Å². The summed E-state index contributed by atoms with van der Waals surface area (Å²) in [5.41, 5.74) is 1.21. The van der Waals surface area contributed by atoms with Gasteiger partial charge in [-0.15, -0.1) is 0 Å². The molecule has 0 saturated carbocycles. The smallest absolute Gasteiger partial charge is 0.161 e. The summed E-state index contributed by atoms with van der Waals surface area (Å²) in [4.78, 5) is 2.36. The summed E-state index contributed by atoms with van der Waals surface area (Å²) in [6, 6.07) is 6.63. The van der Waals surface area contributed by atoms with Gasteiger partial charge in [-0.3, -0.25) is 0 Å². The van der Waals surface area contributed by atoms with Crippen LogP contribution < -0.4 is 9.47 Å². The van der Waals surface area contributed by atoms with Crippen molar-refractivity contribution in [1.29, 1.82) is 0 Å². The van der Waals surface area contributed by atoms with E-state index in [1.165, 1.54) is 5.56 Å². The molecule has 1 aliphatic heterocycles. The summed E-state index contributed by atoms with van der Waals surface area (Å²) in [6.45, 7) is 6.26. The number of likely N-dealkylation sites (tertiary alicyclic amines) is 1. The first-order valence-electron chi connectivity index (χ1n) is 8.58.